The first-order valence-corrected chi connectivity index (χ1v) is 11.4. The molecule has 0 aromatic carbocycles. The maximum atomic E-state index is 12.1. The first kappa shape index (κ1) is 28.2. The van der Waals surface area contributed by atoms with E-state index in [2.05, 4.69) is 11.8 Å². The maximum absolute atomic E-state index is 12.1. The van der Waals surface area contributed by atoms with Gasteiger partial charge in [0.1, 0.15) is 12.1 Å². The van der Waals surface area contributed by atoms with Gasteiger partial charge >= 0.3 is 11.9 Å². The fourth-order valence-electron chi connectivity index (χ4n) is 3.80. The number of carboxylic acids is 2. The standard InChI is InChI=1S/C22H40N4O6/c1-18(2)20(28)5-4-19(3)26-12-10-24(16-21(29)30)8-6-23(14-15-27)7-9-25(11-13-26)17-22(31)32/h15,18-19H,4-14,16-17H2,1-3H3,(H,29,30)(H,31,32). The Morgan fingerprint density at radius 2 is 1.22 bits per heavy atom. The molecule has 0 saturated carbocycles. The normalized spacial score (nSPS) is 19.8. The lowest BCUT2D eigenvalue weighted by atomic mass is 10.0. The van der Waals surface area contributed by atoms with Gasteiger partial charge in [0, 0.05) is 70.7 Å². The van der Waals surface area contributed by atoms with Crippen LogP contribution in [0.2, 0.25) is 0 Å². The Morgan fingerprint density at radius 3 is 1.62 bits per heavy atom. The third-order valence-electron chi connectivity index (χ3n) is 6.00. The minimum Gasteiger partial charge on any atom is -0.480 e. The third-order valence-corrected chi connectivity index (χ3v) is 6.00. The Kier molecular flexibility index (Phi) is 13.2. The van der Waals surface area contributed by atoms with Gasteiger partial charge in [-0.1, -0.05) is 13.8 Å². The molecule has 2 N–H and O–H groups in total. The van der Waals surface area contributed by atoms with Gasteiger partial charge in [-0.3, -0.25) is 34.0 Å². The summed E-state index contributed by atoms with van der Waals surface area (Å²) in [5.74, 6) is -1.57. The summed E-state index contributed by atoms with van der Waals surface area (Å²) in [6.45, 7) is 10.3. The average molecular weight is 457 g/mol. The summed E-state index contributed by atoms with van der Waals surface area (Å²) < 4.78 is 0. The van der Waals surface area contributed by atoms with Crippen LogP contribution in [0.1, 0.15) is 33.6 Å². The van der Waals surface area contributed by atoms with Gasteiger partial charge in [-0.2, -0.15) is 0 Å². The van der Waals surface area contributed by atoms with Gasteiger partial charge in [0.25, 0.3) is 0 Å². The van der Waals surface area contributed by atoms with E-state index in [1.54, 1.807) is 0 Å². The zero-order valence-corrected chi connectivity index (χ0v) is 19.7. The minimum atomic E-state index is -0.895. The van der Waals surface area contributed by atoms with Crippen molar-refractivity contribution in [3.8, 4) is 0 Å². The molecule has 0 spiro atoms. The van der Waals surface area contributed by atoms with Crippen molar-refractivity contribution in [2.45, 2.75) is 39.7 Å². The molecule has 0 aromatic rings. The number of Topliss-reactive ketones (excluding diaryl/α,β-unsaturated/α-hetero) is 1. The van der Waals surface area contributed by atoms with Gasteiger partial charge in [-0.05, 0) is 13.3 Å². The van der Waals surface area contributed by atoms with Crippen LogP contribution in [-0.2, 0) is 19.2 Å². The second-order valence-electron chi connectivity index (χ2n) is 8.85. The molecule has 0 radical (unpaired) electrons. The zero-order valence-electron chi connectivity index (χ0n) is 19.7. The average Bonchev–Trinajstić information content (AvgIpc) is 2.70. The molecule has 1 rings (SSSR count). The smallest absolute Gasteiger partial charge is 0.317 e. The molecule has 10 nitrogen and oxygen atoms in total. The van der Waals surface area contributed by atoms with Crippen molar-refractivity contribution in [3.63, 3.8) is 0 Å². The Labute approximate surface area is 191 Å². The van der Waals surface area contributed by atoms with E-state index < -0.39 is 11.9 Å². The zero-order chi connectivity index (χ0) is 24.1. The van der Waals surface area contributed by atoms with Crippen LogP contribution in [0.3, 0.4) is 0 Å². The number of aldehydes is 1. The van der Waals surface area contributed by atoms with Crippen LogP contribution >= 0.6 is 0 Å². The van der Waals surface area contributed by atoms with E-state index in [1.165, 1.54) is 0 Å². The predicted molar refractivity (Wildman–Crippen MR) is 121 cm³/mol. The number of rotatable bonds is 11. The van der Waals surface area contributed by atoms with Crippen LogP contribution in [0.15, 0.2) is 0 Å². The molecule has 184 valence electrons. The van der Waals surface area contributed by atoms with Gasteiger partial charge in [-0.15, -0.1) is 0 Å². The van der Waals surface area contributed by atoms with Crippen LogP contribution in [0.25, 0.3) is 0 Å². The Bertz CT molecular complexity index is 583. The van der Waals surface area contributed by atoms with Crippen LogP contribution < -0.4 is 0 Å². The summed E-state index contributed by atoms with van der Waals surface area (Å²) in [6.07, 6.45) is 2.02. The van der Waals surface area contributed by atoms with E-state index in [1.807, 2.05) is 28.5 Å². The van der Waals surface area contributed by atoms with Gasteiger partial charge in [0.2, 0.25) is 0 Å². The first-order chi connectivity index (χ1) is 15.1. The third kappa shape index (κ3) is 11.7. The van der Waals surface area contributed by atoms with Crippen molar-refractivity contribution >= 4 is 24.0 Å². The minimum absolute atomic E-state index is 0.0000592. The van der Waals surface area contributed by atoms with Crippen molar-refractivity contribution in [1.82, 2.24) is 19.6 Å². The monoisotopic (exact) mass is 456 g/mol. The number of nitrogens with zero attached hydrogens (tertiary/aromatic N) is 4. The molecule has 0 aromatic heterocycles. The summed E-state index contributed by atoms with van der Waals surface area (Å²) in [4.78, 5) is 53.7. The number of aliphatic carboxylic acids is 2. The van der Waals surface area contributed by atoms with Crippen molar-refractivity contribution in [2.24, 2.45) is 5.92 Å². The summed E-state index contributed by atoms with van der Waals surface area (Å²) in [5.41, 5.74) is 0. The van der Waals surface area contributed by atoms with Gasteiger partial charge in [0.05, 0.1) is 19.6 Å². The predicted octanol–water partition coefficient (Wildman–Crippen LogP) is -0.0301. The number of carbonyl (C=O) groups is 4. The van der Waals surface area contributed by atoms with Crippen LogP contribution in [0, 0.1) is 5.92 Å². The summed E-state index contributed by atoms with van der Waals surface area (Å²) in [7, 11) is 0. The van der Waals surface area contributed by atoms with Crippen LogP contribution in [0.5, 0.6) is 0 Å². The fourth-order valence-corrected chi connectivity index (χ4v) is 3.80. The second kappa shape index (κ2) is 15.0. The number of hydrogen-bond acceptors (Lipinski definition) is 8. The van der Waals surface area contributed by atoms with E-state index in [0.717, 1.165) is 6.29 Å². The molecule has 1 aliphatic rings. The molecule has 1 atom stereocenters. The highest BCUT2D eigenvalue weighted by atomic mass is 16.4. The topological polar surface area (TPSA) is 122 Å². The fraction of sp³-hybridized carbons (Fsp3) is 0.818. The molecule has 0 bridgehead atoms. The maximum Gasteiger partial charge on any atom is 0.317 e. The molecular formula is C22H40N4O6. The summed E-state index contributed by atoms with van der Waals surface area (Å²) >= 11 is 0. The highest BCUT2D eigenvalue weighted by molar-refractivity contribution is 5.80. The van der Waals surface area contributed by atoms with Crippen molar-refractivity contribution < 1.29 is 29.4 Å². The molecule has 1 aliphatic heterocycles. The molecule has 0 aliphatic carbocycles. The Morgan fingerprint density at radius 1 is 0.781 bits per heavy atom. The van der Waals surface area contributed by atoms with E-state index in [9.17, 15) is 29.4 Å². The molecule has 1 saturated heterocycles. The van der Waals surface area contributed by atoms with Gasteiger partial charge in [-0.25, -0.2) is 0 Å². The molecule has 10 heteroatoms. The lowest BCUT2D eigenvalue weighted by Crippen LogP contribution is -2.49. The van der Waals surface area contributed by atoms with Crippen LogP contribution in [0.4, 0.5) is 0 Å². The Hall–Kier alpha value is -1.88. The number of hydrogen-bond donors (Lipinski definition) is 2. The van der Waals surface area contributed by atoms with E-state index in [-0.39, 0.29) is 37.4 Å². The number of ketones is 1. The molecular weight excluding hydrogens is 416 g/mol. The SMILES string of the molecule is CC(C)C(=O)CCC(C)N1CCN(CC(=O)O)CCN(CC=O)CCN(CC(=O)O)CC1. The molecule has 1 fully saturated rings. The molecule has 32 heavy (non-hydrogen) atoms. The number of carboxylic acid groups (broad SMARTS) is 2. The van der Waals surface area contributed by atoms with Crippen molar-refractivity contribution in [1.29, 1.82) is 0 Å². The van der Waals surface area contributed by atoms with Crippen molar-refractivity contribution in [3.05, 3.63) is 0 Å². The van der Waals surface area contributed by atoms with Gasteiger partial charge < -0.3 is 15.0 Å². The van der Waals surface area contributed by atoms with Gasteiger partial charge in [0.15, 0.2) is 0 Å². The second-order valence-corrected chi connectivity index (χ2v) is 8.85. The van der Waals surface area contributed by atoms with E-state index in [4.69, 9.17) is 0 Å². The highest BCUT2D eigenvalue weighted by Crippen LogP contribution is 2.11. The highest BCUT2D eigenvalue weighted by Gasteiger charge is 2.22. The van der Waals surface area contributed by atoms with Crippen LogP contribution in [-0.4, -0.2) is 132 Å². The molecule has 0 amide bonds. The Balaban J connectivity index is 2.93. The van der Waals surface area contributed by atoms with Crippen molar-refractivity contribution in [2.75, 3.05) is 72.0 Å². The molecule has 1 heterocycles. The van der Waals surface area contributed by atoms with E-state index >= 15 is 0 Å². The largest absolute Gasteiger partial charge is 0.480 e. The summed E-state index contributed by atoms with van der Waals surface area (Å²) in [6, 6.07) is 0.116. The van der Waals surface area contributed by atoms with E-state index in [0.29, 0.717) is 65.2 Å². The lowest BCUT2D eigenvalue weighted by Gasteiger charge is -2.35. The summed E-state index contributed by atoms with van der Waals surface area (Å²) in [5, 5.41) is 18.6. The number of carbonyl (C=O) groups excluding carboxylic acids is 2. The lowest BCUT2D eigenvalue weighted by molar-refractivity contribution is -0.139. The quantitative estimate of drug-likeness (QED) is 0.410. The molecule has 1 unspecified atom stereocenters. The first-order valence-electron chi connectivity index (χ1n) is 11.4.